The number of carbonyl (C=O) groups excluding carboxylic acids is 1. The number of rotatable bonds is 6. The lowest BCUT2D eigenvalue weighted by atomic mass is 10.1. The highest BCUT2D eigenvalue weighted by Crippen LogP contribution is 2.17. The Labute approximate surface area is 135 Å². The van der Waals surface area contributed by atoms with Crippen LogP contribution in [0.1, 0.15) is 16.7 Å². The minimum atomic E-state index is -0.269. The zero-order valence-electron chi connectivity index (χ0n) is 12.9. The smallest absolute Gasteiger partial charge is 0.232 e. The fourth-order valence-corrected chi connectivity index (χ4v) is 3.14. The van der Waals surface area contributed by atoms with Gasteiger partial charge >= 0.3 is 0 Å². The zero-order valence-corrected chi connectivity index (χ0v) is 13.7. The second-order valence-electron chi connectivity index (χ2n) is 5.26. The first-order valence-electron chi connectivity index (χ1n) is 7.17. The molecule has 0 aliphatic carbocycles. The molecule has 1 amide bonds. The minimum Gasteiger partial charge on any atom is -0.341 e. The average Bonchev–Trinajstić information content (AvgIpc) is 2.51. The summed E-state index contributed by atoms with van der Waals surface area (Å²) in [5.41, 5.74) is 3.03. The molecule has 22 heavy (non-hydrogen) atoms. The van der Waals surface area contributed by atoms with E-state index >= 15 is 0 Å². The van der Waals surface area contributed by atoms with Gasteiger partial charge in [0.25, 0.3) is 0 Å². The maximum Gasteiger partial charge on any atom is 0.232 e. The van der Waals surface area contributed by atoms with E-state index in [-0.39, 0.29) is 11.7 Å². The number of halogens is 1. The van der Waals surface area contributed by atoms with Gasteiger partial charge in [-0.25, -0.2) is 4.39 Å². The summed E-state index contributed by atoms with van der Waals surface area (Å²) in [6.07, 6.45) is 0. The standard InChI is InChI=1S/C18H20FNOS/c1-14-7-3-4-9-16(14)12-22-13-18(21)20(2)11-15-8-5-6-10-17(15)19/h3-10H,11-13H2,1-2H3. The van der Waals surface area contributed by atoms with Crippen LogP contribution in [0.4, 0.5) is 4.39 Å². The number of hydrogen-bond acceptors (Lipinski definition) is 2. The highest BCUT2D eigenvalue weighted by Gasteiger charge is 2.11. The summed E-state index contributed by atoms with van der Waals surface area (Å²) >= 11 is 1.59. The largest absolute Gasteiger partial charge is 0.341 e. The second kappa shape index (κ2) is 7.99. The van der Waals surface area contributed by atoms with Crippen LogP contribution in [0.2, 0.25) is 0 Å². The maximum absolute atomic E-state index is 13.6. The fraction of sp³-hybridized carbons (Fsp3) is 0.278. The van der Waals surface area contributed by atoms with E-state index in [0.717, 1.165) is 5.75 Å². The molecule has 0 unspecified atom stereocenters. The van der Waals surface area contributed by atoms with Gasteiger partial charge in [-0.15, -0.1) is 11.8 Å². The van der Waals surface area contributed by atoms with Crippen molar-refractivity contribution in [3.8, 4) is 0 Å². The number of amides is 1. The predicted octanol–water partition coefficient (Wildman–Crippen LogP) is 4.03. The van der Waals surface area contributed by atoms with Crippen LogP contribution in [0.3, 0.4) is 0 Å². The monoisotopic (exact) mass is 317 g/mol. The van der Waals surface area contributed by atoms with E-state index in [1.54, 1.807) is 41.9 Å². The van der Waals surface area contributed by atoms with Crippen LogP contribution in [-0.4, -0.2) is 23.6 Å². The Bertz CT molecular complexity index is 644. The molecular formula is C18H20FNOS. The summed E-state index contributed by atoms with van der Waals surface area (Å²) in [6, 6.07) is 14.7. The van der Waals surface area contributed by atoms with Crippen LogP contribution >= 0.6 is 11.8 Å². The molecule has 0 radical (unpaired) electrons. The molecule has 0 aliphatic heterocycles. The van der Waals surface area contributed by atoms with E-state index < -0.39 is 0 Å². The van der Waals surface area contributed by atoms with Crippen molar-refractivity contribution in [2.45, 2.75) is 19.2 Å². The summed E-state index contributed by atoms with van der Waals surface area (Å²) in [6.45, 7) is 2.37. The van der Waals surface area contributed by atoms with Gasteiger partial charge in [-0.3, -0.25) is 4.79 Å². The topological polar surface area (TPSA) is 20.3 Å². The van der Waals surface area contributed by atoms with Crippen molar-refractivity contribution in [3.63, 3.8) is 0 Å². The lowest BCUT2D eigenvalue weighted by molar-refractivity contribution is -0.127. The van der Waals surface area contributed by atoms with Gasteiger partial charge in [-0.05, 0) is 24.1 Å². The molecule has 116 valence electrons. The van der Waals surface area contributed by atoms with Crippen LogP contribution in [0.15, 0.2) is 48.5 Å². The summed E-state index contributed by atoms with van der Waals surface area (Å²) in [4.78, 5) is 13.7. The third-order valence-corrected chi connectivity index (χ3v) is 4.50. The Morgan fingerprint density at radius 1 is 1.09 bits per heavy atom. The van der Waals surface area contributed by atoms with Crippen LogP contribution < -0.4 is 0 Å². The summed E-state index contributed by atoms with van der Waals surface area (Å²) < 4.78 is 13.6. The van der Waals surface area contributed by atoms with Gasteiger partial charge in [0.15, 0.2) is 0 Å². The molecule has 0 spiro atoms. The molecule has 0 saturated carbocycles. The highest BCUT2D eigenvalue weighted by atomic mass is 32.2. The molecule has 2 aromatic rings. The maximum atomic E-state index is 13.6. The predicted molar refractivity (Wildman–Crippen MR) is 90.2 cm³/mol. The Balaban J connectivity index is 1.82. The molecule has 0 N–H and O–H groups in total. The molecule has 0 atom stereocenters. The first-order valence-corrected chi connectivity index (χ1v) is 8.33. The van der Waals surface area contributed by atoms with Crippen molar-refractivity contribution >= 4 is 17.7 Å². The van der Waals surface area contributed by atoms with E-state index in [0.29, 0.717) is 17.9 Å². The second-order valence-corrected chi connectivity index (χ2v) is 6.25. The molecule has 4 heteroatoms. The first kappa shape index (κ1) is 16.6. The summed E-state index contributed by atoms with van der Waals surface area (Å²) in [5.74, 6) is 0.960. The molecule has 2 rings (SSSR count). The van der Waals surface area contributed by atoms with Crippen LogP contribution in [-0.2, 0) is 17.1 Å². The van der Waals surface area contributed by atoms with Crippen LogP contribution in [0.5, 0.6) is 0 Å². The van der Waals surface area contributed by atoms with Gasteiger partial charge in [-0.1, -0.05) is 42.5 Å². The first-order chi connectivity index (χ1) is 10.6. The number of thioether (sulfide) groups is 1. The van der Waals surface area contributed by atoms with Gasteiger partial charge in [0, 0.05) is 24.9 Å². The van der Waals surface area contributed by atoms with Gasteiger partial charge in [0.05, 0.1) is 5.75 Å². The number of hydrogen-bond donors (Lipinski definition) is 0. The van der Waals surface area contributed by atoms with Gasteiger partial charge in [-0.2, -0.15) is 0 Å². The highest BCUT2D eigenvalue weighted by molar-refractivity contribution is 7.99. The molecule has 0 heterocycles. The van der Waals surface area contributed by atoms with Gasteiger partial charge in [0.2, 0.25) is 5.91 Å². The minimum absolute atomic E-state index is 0.0156. The molecule has 0 bridgehead atoms. The molecule has 2 aromatic carbocycles. The zero-order chi connectivity index (χ0) is 15.9. The SMILES string of the molecule is Cc1ccccc1CSCC(=O)N(C)Cc1ccccc1F. The van der Waals surface area contributed by atoms with Crippen molar-refractivity contribution in [3.05, 3.63) is 71.0 Å². The Kier molecular flexibility index (Phi) is 6.01. The Morgan fingerprint density at radius 2 is 1.73 bits per heavy atom. The van der Waals surface area contributed by atoms with Crippen molar-refractivity contribution in [1.82, 2.24) is 4.90 Å². The number of aryl methyl sites for hydroxylation is 1. The number of nitrogens with zero attached hydrogens (tertiary/aromatic N) is 1. The third kappa shape index (κ3) is 4.60. The lowest BCUT2D eigenvalue weighted by Gasteiger charge is -2.17. The Morgan fingerprint density at radius 3 is 2.41 bits per heavy atom. The fourth-order valence-electron chi connectivity index (χ4n) is 2.10. The quantitative estimate of drug-likeness (QED) is 0.802. The van der Waals surface area contributed by atoms with E-state index in [2.05, 4.69) is 19.1 Å². The molecule has 0 saturated heterocycles. The van der Waals surface area contributed by atoms with E-state index in [1.807, 2.05) is 12.1 Å². The molecule has 0 aliphatic rings. The average molecular weight is 317 g/mol. The molecule has 0 aromatic heterocycles. The van der Waals surface area contributed by atoms with Crippen molar-refractivity contribution < 1.29 is 9.18 Å². The normalized spacial score (nSPS) is 10.5. The Hall–Kier alpha value is -1.81. The van der Waals surface area contributed by atoms with Gasteiger partial charge < -0.3 is 4.90 Å². The number of carbonyl (C=O) groups is 1. The molecule has 2 nitrogen and oxygen atoms in total. The van der Waals surface area contributed by atoms with Crippen molar-refractivity contribution in [2.75, 3.05) is 12.8 Å². The van der Waals surface area contributed by atoms with Crippen LogP contribution in [0.25, 0.3) is 0 Å². The van der Waals surface area contributed by atoms with E-state index in [4.69, 9.17) is 0 Å². The third-order valence-electron chi connectivity index (χ3n) is 3.54. The van der Waals surface area contributed by atoms with Crippen molar-refractivity contribution in [1.29, 1.82) is 0 Å². The van der Waals surface area contributed by atoms with Crippen LogP contribution in [0, 0.1) is 12.7 Å². The summed E-state index contributed by atoms with van der Waals surface area (Å²) in [7, 11) is 1.71. The van der Waals surface area contributed by atoms with Gasteiger partial charge in [0.1, 0.15) is 5.82 Å². The molecule has 0 fully saturated rings. The van der Waals surface area contributed by atoms with E-state index in [9.17, 15) is 9.18 Å². The number of benzene rings is 2. The van der Waals surface area contributed by atoms with Crippen molar-refractivity contribution in [2.24, 2.45) is 0 Å². The summed E-state index contributed by atoms with van der Waals surface area (Å²) in [5, 5.41) is 0. The lowest BCUT2D eigenvalue weighted by Crippen LogP contribution is -2.28. The van der Waals surface area contributed by atoms with E-state index in [1.165, 1.54) is 17.2 Å². The molecular weight excluding hydrogens is 297 g/mol.